The van der Waals surface area contributed by atoms with E-state index in [4.69, 9.17) is 9.90 Å². The zero-order valence-electron chi connectivity index (χ0n) is 21.9. The van der Waals surface area contributed by atoms with E-state index in [1.54, 1.807) is 13.1 Å². The Hall–Kier alpha value is -3.41. The molecule has 11 heteroatoms. The SMILES string of the molecule is CCNC[C@@H](O)[C@H](Cc1ccccc1)NC(=O)c1cc2c3c(cn(CC)c3c1)CCS(=O)(=O)N2C.O=CO. The average Bonchev–Trinajstić information content (AvgIpc) is 3.23. The lowest BCUT2D eigenvalue weighted by molar-refractivity contribution is -0.122. The second kappa shape index (κ2) is 12.9. The Balaban J connectivity index is 0.00000127. The van der Waals surface area contributed by atoms with Crippen molar-refractivity contribution in [3.8, 4) is 0 Å². The van der Waals surface area contributed by atoms with Gasteiger partial charge in [-0.15, -0.1) is 0 Å². The summed E-state index contributed by atoms with van der Waals surface area (Å²) < 4.78 is 28.9. The molecule has 0 saturated heterocycles. The van der Waals surface area contributed by atoms with Crippen LogP contribution in [0.2, 0.25) is 0 Å². The number of carboxylic acid groups (broad SMARTS) is 1. The molecule has 2 aromatic carbocycles. The van der Waals surface area contributed by atoms with Crippen LogP contribution in [-0.4, -0.2) is 73.6 Å². The Labute approximate surface area is 223 Å². The van der Waals surface area contributed by atoms with Gasteiger partial charge in [-0.1, -0.05) is 37.3 Å². The molecule has 2 atom stereocenters. The summed E-state index contributed by atoms with van der Waals surface area (Å²) in [5.74, 6) is -0.321. The van der Waals surface area contributed by atoms with Crippen molar-refractivity contribution in [3.63, 3.8) is 0 Å². The lowest BCUT2D eigenvalue weighted by Crippen LogP contribution is -2.48. The lowest BCUT2D eigenvalue weighted by Gasteiger charge is -2.25. The Morgan fingerprint density at radius 3 is 2.50 bits per heavy atom. The summed E-state index contributed by atoms with van der Waals surface area (Å²) in [5.41, 5.74) is 3.69. The molecule has 1 amide bonds. The molecule has 0 saturated carbocycles. The van der Waals surface area contributed by atoms with E-state index in [1.165, 1.54) is 4.31 Å². The fraction of sp³-hybridized carbons (Fsp3) is 0.407. The van der Waals surface area contributed by atoms with Crippen LogP contribution < -0.4 is 14.9 Å². The molecule has 0 unspecified atom stereocenters. The predicted octanol–water partition coefficient (Wildman–Crippen LogP) is 2.00. The molecule has 2 heterocycles. The van der Waals surface area contributed by atoms with Gasteiger partial charge in [0.1, 0.15) is 0 Å². The molecule has 0 aliphatic carbocycles. The van der Waals surface area contributed by atoms with Crippen LogP contribution in [0.3, 0.4) is 0 Å². The minimum absolute atomic E-state index is 0.0261. The number of nitrogens with one attached hydrogen (secondary N) is 2. The number of anilines is 1. The van der Waals surface area contributed by atoms with Crippen molar-refractivity contribution in [3.05, 3.63) is 65.4 Å². The first-order chi connectivity index (χ1) is 18.2. The van der Waals surface area contributed by atoms with Gasteiger partial charge in [0.2, 0.25) is 10.0 Å². The van der Waals surface area contributed by atoms with Gasteiger partial charge in [0, 0.05) is 37.3 Å². The lowest BCUT2D eigenvalue weighted by atomic mass is 10.00. The van der Waals surface area contributed by atoms with E-state index in [0.29, 0.717) is 43.7 Å². The highest BCUT2D eigenvalue weighted by atomic mass is 32.2. The summed E-state index contributed by atoms with van der Waals surface area (Å²) in [5, 5.41) is 24.8. The van der Waals surface area contributed by atoms with Crippen LogP contribution in [0.5, 0.6) is 0 Å². The molecule has 3 aromatic rings. The first-order valence-electron chi connectivity index (χ1n) is 12.6. The number of sulfonamides is 1. The van der Waals surface area contributed by atoms with Gasteiger partial charge in [-0.3, -0.25) is 13.9 Å². The van der Waals surface area contributed by atoms with E-state index >= 15 is 0 Å². The predicted molar refractivity (Wildman–Crippen MR) is 148 cm³/mol. The van der Waals surface area contributed by atoms with Gasteiger partial charge in [-0.05, 0) is 49.6 Å². The van der Waals surface area contributed by atoms with Crippen LogP contribution >= 0.6 is 0 Å². The Bertz CT molecular complexity index is 1360. The number of aryl methyl sites for hydroxylation is 2. The highest BCUT2D eigenvalue weighted by Gasteiger charge is 2.29. The second-order valence-electron chi connectivity index (χ2n) is 9.11. The van der Waals surface area contributed by atoms with Gasteiger partial charge < -0.3 is 25.4 Å². The molecule has 0 bridgehead atoms. The molecule has 38 heavy (non-hydrogen) atoms. The monoisotopic (exact) mass is 544 g/mol. The van der Waals surface area contributed by atoms with Crippen LogP contribution in [0, 0.1) is 0 Å². The zero-order valence-corrected chi connectivity index (χ0v) is 22.7. The number of hydrogen-bond donors (Lipinski definition) is 4. The Kier molecular flexibility index (Phi) is 9.90. The van der Waals surface area contributed by atoms with E-state index in [0.717, 1.165) is 22.0 Å². The van der Waals surface area contributed by atoms with Crippen LogP contribution in [0.4, 0.5) is 5.69 Å². The highest BCUT2D eigenvalue weighted by molar-refractivity contribution is 7.92. The van der Waals surface area contributed by atoms with Crippen molar-refractivity contribution in [1.82, 2.24) is 15.2 Å². The van der Waals surface area contributed by atoms with Crippen LogP contribution in [-0.2, 0) is 34.2 Å². The van der Waals surface area contributed by atoms with Crippen molar-refractivity contribution in [2.75, 3.05) is 30.2 Å². The minimum Gasteiger partial charge on any atom is -0.483 e. The van der Waals surface area contributed by atoms with Gasteiger partial charge in [-0.25, -0.2) is 8.42 Å². The molecule has 1 aliphatic heterocycles. The fourth-order valence-corrected chi connectivity index (χ4v) is 5.88. The van der Waals surface area contributed by atoms with Gasteiger partial charge in [0.05, 0.1) is 29.1 Å². The summed E-state index contributed by atoms with van der Waals surface area (Å²) in [7, 11) is -1.94. The number of carbonyl (C=O) groups is 2. The minimum atomic E-state index is -3.49. The number of likely N-dealkylation sites (N-methyl/N-ethyl adjacent to an activating group) is 1. The smallest absolute Gasteiger partial charge is 0.290 e. The third-order valence-electron chi connectivity index (χ3n) is 6.71. The average molecular weight is 545 g/mol. The van der Waals surface area contributed by atoms with Crippen molar-refractivity contribution >= 4 is 39.0 Å². The molecule has 1 aliphatic rings. The number of aromatic nitrogens is 1. The summed E-state index contributed by atoms with van der Waals surface area (Å²) >= 11 is 0. The third kappa shape index (κ3) is 6.53. The Morgan fingerprint density at radius 1 is 1.18 bits per heavy atom. The topological polar surface area (TPSA) is 141 Å². The fourth-order valence-electron chi connectivity index (χ4n) is 4.68. The van der Waals surface area contributed by atoms with Crippen LogP contribution in [0.1, 0.15) is 35.3 Å². The van der Waals surface area contributed by atoms with Gasteiger partial charge in [0.15, 0.2) is 0 Å². The maximum Gasteiger partial charge on any atom is 0.290 e. The molecule has 206 valence electrons. The number of benzene rings is 2. The van der Waals surface area contributed by atoms with E-state index < -0.39 is 22.2 Å². The van der Waals surface area contributed by atoms with Crippen LogP contribution in [0.25, 0.3) is 10.9 Å². The molecule has 4 N–H and O–H groups in total. The molecule has 0 fully saturated rings. The number of aliphatic hydroxyl groups is 1. The van der Waals surface area contributed by atoms with Crippen molar-refractivity contribution in [2.45, 2.75) is 45.4 Å². The third-order valence-corrected chi connectivity index (χ3v) is 8.46. The number of hydrogen-bond acceptors (Lipinski definition) is 6. The molecular formula is C27H36N4O6S. The van der Waals surface area contributed by atoms with E-state index in [1.807, 2.05) is 56.4 Å². The van der Waals surface area contributed by atoms with Crippen molar-refractivity contribution in [1.29, 1.82) is 0 Å². The molecule has 10 nitrogen and oxygen atoms in total. The van der Waals surface area contributed by atoms with Crippen molar-refractivity contribution in [2.24, 2.45) is 0 Å². The van der Waals surface area contributed by atoms with Crippen LogP contribution in [0.15, 0.2) is 48.7 Å². The molecular weight excluding hydrogens is 508 g/mol. The Morgan fingerprint density at radius 2 is 1.87 bits per heavy atom. The second-order valence-corrected chi connectivity index (χ2v) is 11.2. The molecule has 0 radical (unpaired) electrons. The maximum atomic E-state index is 13.5. The number of amides is 1. The van der Waals surface area contributed by atoms with Gasteiger partial charge in [0.25, 0.3) is 12.4 Å². The number of carbonyl (C=O) groups excluding carboxylic acids is 1. The molecule has 4 rings (SSSR count). The summed E-state index contributed by atoms with van der Waals surface area (Å²) in [6.07, 6.45) is 2.10. The first-order valence-corrected chi connectivity index (χ1v) is 14.2. The van der Waals surface area contributed by atoms with E-state index in [-0.39, 0.29) is 18.1 Å². The summed E-state index contributed by atoms with van der Waals surface area (Å²) in [6.45, 7) is 5.49. The quantitative estimate of drug-likeness (QED) is 0.302. The van der Waals surface area contributed by atoms with Gasteiger partial charge >= 0.3 is 0 Å². The largest absolute Gasteiger partial charge is 0.483 e. The maximum absolute atomic E-state index is 13.5. The number of rotatable bonds is 9. The normalized spacial score (nSPS) is 15.6. The van der Waals surface area contributed by atoms with E-state index in [2.05, 4.69) is 15.2 Å². The summed E-state index contributed by atoms with van der Waals surface area (Å²) in [6, 6.07) is 12.7. The standard InChI is InChI=1S/C26H34N4O4S.CH2O2/c1-4-27-16-24(31)21(13-18-9-7-6-8-10-18)28-26(32)20-14-22-25-19(11-12-35(33,34)29(22)3)17-30(5-2)23(25)15-20;2-1-3/h6-10,14-15,17,21,24,27,31H,4-5,11-13,16H2,1-3H3,(H,28,32);1H,(H,2,3)/t21-,24+;/m0./s1. The first kappa shape index (κ1) is 29.2. The molecule has 1 aromatic heterocycles. The highest BCUT2D eigenvalue weighted by Crippen LogP contribution is 2.36. The number of nitrogens with zero attached hydrogens (tertiary/aromatic N) is 2. The molecule has 0 spiro atoms. The van der Waals surface area contributed by atoms with Gasteiger partial charge in [-0.2, -0.15) is 0 Å². The van der Waals surface area contributed by atoms with E-state index in [9.17, 15) is 18.3 Å². The van der Waals surface area contributed by atoms with Crippen molar-refractivity contribution < 1.29 is 28.2 Å². The number of aliphatic hydroxyl groups excluding tert-OH is 1. The summed E-state index contributed by atoms with van der Waals surface area (Å²) in [4.78, 5) is 21.9. The zero-order chi connectivity index (χ0) is 27.9.